The topological polar surface area (TPSA) is 104 Å². The van der Waals surface area contributed by atoms with Gasteiger partial charge in [-0.05, 0) is 70.1 Å². The summed E-state index contributed by atoms with van der Waals surface area (Å²) in [7, 11) is 0. The third-order valence-corrected chi connectivity index (χ3v) is 7.20. The van der Waals surface area contributed by atoms with E-state index in [2.05, 4.69) is 49.6 Å². The number of alkyl halides is 1. The summed E-state index contributed by atoms with van der Waals surface area (Å²) in [6, 6.07) is 22.7. The Morgan fingerprint density at radius 1 is 0.891 bits per heavy atom. The first-order valence-corrected chi connectivity index (χ1v) is 14.1. The Balaban J connectivity index is 1.09. The zero-order valence-electron chi connectivity index (χ0n) is 24.2. The summed E-state index contributed by atoms with van der Waals surface area (Å²) in [5.74, 6) is 4.71. The van der Waals surface area contributed by atoms with E-state index < -0.39 is 35.5 Å². The number of halogens is 3. The second kappa shape index (κ2) is 13.5. The lowest BCUT2D eigenvalue weighted by Crippen LogP contribution is -2.38. The summed E-state index contributed by atoms with van der Waals surface area (Å²) < 4.78 is 53.0. The Bertz CT molecular complexity index is 1940. The molecule has 6 aromatic rings. The third-order valence-electron chi connectivity index (χ3n) is 7.20. The minimum Gasteiger partial charge on any atom is -0.489 e. The Labute approximate surface area is 261 Å². The Morgan fingerprint density at radius 2 is 1.65 bits per heavy atom. The molecule has 6 rings (SSSR count). The van der Waals surface area contributed by atoms with Crippen molar-refractivity contribution in [1.82, 2.24) is 35.0 Å². The van der Waals surface area contributed by atoms with Gasteiger partial charge in [0.1, 0.15) is 35.9 Å². The molecule has 2 unspecified atom stereocenters. The van der Waals surface area contributed by atoms with Crippen LogP contribution in [0.1, 0.15) is 39.7 Å². The van der Waals surface area contributed by atoms with Gasteiger partial charge in [0.15, 0.2) is 6.17 Å². The molecule has 0 radical (unpaired) electrons. The molecule has 3 aromatic carbocycles. The minimum atomic E-state index is -2.50. The van der Waals surface area contributed by atoms with Gasteiger partial charge in [-0.15, -0.1) is 5.10 Å². The molecule has 3 aromatic heterocycles. The Morgan fingerprint density at radius 3 is 2.33 bits per heavy atom. The van der Waals surface area contributed by atoms with E-state index in [0.717, 1.165) is 39.8 Å². The Hall–Kier alpha value is -5.80. The van der Waals surface area contributed by atoms with Crippen molar-refractivity contribution < 1.29 is 23.0 Å². The molecule has 0 saturated heterocycles. The first kappa shape index (κ1) is 30.2. The van der Waals surface area contributed by atoms with Crippen LogP contribution in [0, 0.1) is 23.5 Å². The molecule has 230 valence electrons. The number of aromatic nitrogens is 7. The van der Waals surface area contributed by atoms with E-state index in [1.165, 1.54) is 18.3 Å². The molecule has 9 nitrogen and oxygen atoms in total. The van der Waals surface area contributed by atoms with Crippen molar-refractivity contribution in [2.24, 2.45) is 0 Å². The van der Waals surface area contributed by atoms with Gasteiger partial charge in [0.25, 0.3) is 0 Å². The van der Waals surface area contributed by atoms with Gasteiger partial charge < -0.3 is 9.84 Å². The standard InChI is InChI=1S/C34H26F3N7O2/c35-28-11-14-30(31(36)18-28)34(45,22-44-23-39-41-42-44)33(37)32-15-10-25(19-38-32)3-2-24-8-12-29(13-9-24)46-21-27-6-4-26(5-7-27)20-43-17-1-16-40-43/h1,4-19,23,33,45H,20-22H2. The Kier molecular flexibility index (Phi) is 8.84. The second-order valence-corrected chi connectivity index (χ2v) is 10.5. The molecule has 0 amide bonds. The van der Waals surface area contributed by atoms with E-state index >= 15 is 4.39 Å². The second-order valence-electron chi connectivity index (χ2n) is 10.5. The average Bonchev–Trinajstić information content (AvgIpc) is 3.78. The van der Waals surface area contributed by atoms with Gasteiger partial charge in [0, 0.05) is 41.3 Å². The van der Waals surface area contributed by atoms with Crippen LogP contribution in [0.25, 0.3) is 0 Å². The van der Waals surface area contributed by atoms with Crippen molar-refractivity contribution in [3.63, 3.8) is 0 Å². The average molecular weight is 622 g/mol. The van der Waals surface area contributed by atoms with E-state index in [9.17, 15) is 13.9 Å². The summed E-state index contributed by atoms with van der Waals surface area (Å²) in [5.41, 5.74) is 0.257. The number of ether oxygens (including phenoxy) is 1. The van der Waals surface area contributed by atoms with Crippen LogP contribution in [0.2, 0.25) is 0 Å². The number of aliphatic hydroxyl groups is 1. The molecule has 0 aliphatic carbocycles. The summed E-state index contributed by atoms with van der Waals surface area (Å²) in [4.78, 5) is 4.13. The van der Waals surface area contributed by atoms with Crippen LogP contribution < -0.4 is 4.74 Å². The van der Waals surface area contributed by atoms with Gasteiger partial charge in [-0.3, -0.25) is 9.67 Å². The molecule has 12 heteroatoms. The zero-order valence-corrected chi connectivity index (χ0v) is 24.2. The summed E-state index contributed by atoms with van der Waals surface area (Å²) in [5, 5.41) is 26.2. The van der Waals surface area contributed by atoms with Crippen LogP contribution in [-0.2, 0) is 25.3 Å². The lowest BCUT2D eigenvalue weighted by atomic mass is 9.86. The monoisotopic (exact) mass is 621 g/mol. The van der Waals surface area contributed by atoms with Crippen LogP contribution in [0.15, 0.2) is 110 Å². The summed E-state index contributed by atoms with van der Waals surface area (Å²) in [6.45, 7) is 0.573. The molecule has 0 saturated carbocycles. The fourth-order valence-corrected chi connectivity index (χ4v) is 4.78. The number of pyridine rings is 1. The van der Waals surface area contributed by atoms with Crippen LogP contribution in [0.4, 0.5) is 13.2 Å². The quantitative estimate of drug-likeness (QED) is 0.211. The SMILES string of the molecule is OC(Cn1cnnn1)(c1ccc(F)cc1F)C(F)c1ccc(C#Cc2ccc(OCc3ccc(Cn4cccn4)cc3)cc2)cn1. The molecule has 0 spiro atoms. The summed E-state index contributed by atoms with van der Waals surface area (Å²) in [6.07, 6.45) is 3.96. The maximum absolute atomic E-state index is 15.9. The minimum absolute atomic E-state index is 0.182. The largest absolute Gasteiger partial charge is 0.489 e. The highest BCUT2D eigenvalue weighted by Crippen LogP contribution is 2.40. The molecule has 0 fully saturated rings. The van der Waals surface area contributed by atoms with Gasteiger partial charge in [0.2, 0.25) is 0 Å². The van der Waals surface area contributed by atoms with Gasteiger partial charge in [0.05, 0.1) is 18.8 Å². The maximum atomic E-state index is 15.9. The van der Waals surface area contributed by atoms with Crippen LogP contribution in [-0.4, -0.2) is 40.1 Å². The smallest absolute Gasteiger partial charge is 0.176 e. The van der Waals surface area contributed by atoms with Crippen molar-refractivity contribution >= 4 is 0 Å². The fourth-order valence-electron chi connectivity index (χ4n) is 4.78. The molecule has 46 heavy (non-hydrogen) atoms. The molecule has 1 N–H and O–H groups in total. The number of tetrazole rings is 1. The van der Waals surface area contributed by atoms with Gasteiger partial charge >= 0.3 is 0 Å². The van der Waals surface area contributed by atoms with Crippen LogP contribution >= 0.6 is 0 Å². The van der Waals surface area contributed by atoms with Crippen molar-refractivity contribution in [1.29, 1.82) is 0 Å². The van der Waals surface area contributed by atoms with E-state index in [1.54, 1.807) is 6.20 Å². The highest BCUT2D eigenvalue weighted by atomic mass is 19.1. The molecular formula is C34H26F3N7O2. The molecule has 0 bridgehead atoms. The van der Waals surface area contributed by atoms with E-state index in [1.807, 2.05) is 53.3 Å². The van der Waals surface area contributed by atoms with Gasteiger partial charge in [-0.2, -0.15) is 5.10 Å². The van der Waals surface area contributed by atoms with Crippen molar-refractivity contribution in [2.45, 2.75) is 31.5 Å². The zero-order chi connectivity index (χ0) is 31.9. The highest BCUT2D eigenvalue weighted by Gasteiger charge is 2.44. The lowest BCUT2D eigenvalue weighted by Gasteiger charge is -2.31. The van der Waals surface area contributed by atoms with Crippen LogP contribution in [0.3, 0.4) is 0 Å². The predicted octanol–water partition coefficient (Wildman–Crippen LogP) is 5.17. The molecular weight excluding hydrogens is 595 g/mol. The number of benzene rings is 3. The number of rotatable bonds is 10. The van der Waals surface area contributed by atoms with Crippen molar-refractivity contribution in [3.05, 3.63) is 155 Å². The van der Waals surface area contributed by atoms with Crippen LogP contribution in [0.5, 0.6) is 5.75 Å². The molecule has 0 aliphatic heterocycles. The fraction of sp³-hybridized carbons (Fsp3) is 0.147. The molecule has 3 heterocycles. The number of hydrogen-bond donors (Lipinski definition) is 1. The van der Waals surface area contributed by atoms with E-state index in [0.29, 0.717) is 30.5 Å². The molecule has 2 atom stereocenters. The summed E-state index contributed by atoms with van der Waals surface area (Å²) >= 11 is 0. The maximum Gasteiger partial charge on any atom is 0.176 e. The molecule has 0 aliphatic rings. The van der Waals surface area contributed by atoms with E-state index in [-0.39, 0.29) is 5.69 Å². The first-order chi connectivity index (χ1) is 22.4. The third kappa shape index (κ3) is 7.11. The van der Waals surface area contributed by atoms with E-state index in [4.69, 9.17) is 4.74 Å². The van der Waals surface area contributed by atoms with Crippen molar-refractivity contribution in [2.75, 3.05) is 0 Å². The lowest BCUT2D eigenvalue weighted by molar-refractivity contribution is -0.0636. The highest BCUT2D eigenvalue weighted by molar-refractivity contribution is 5.44. The number of hydrogen-bond acceptors (Lipinski definition) is 7. The normalized spacial score (nSPS) is 13.0. The number of nitrogens with zero attached hydrogens (tertiary/aromatic N) is 7. The van der Waals surface area contributed by atoms with Gasteiger partial charge in [-0.25, -0.2) is 17.9 Å². The predicted molar refractivity (Wildman–Crippen MR) is 161 cm³/mol. The van der Waals surface area contributed by atoms with Gasteiger partial charge in [-0.1, -0.05) is 42.2 Å². The van der Waals surface area contributed by atoms with Crippen molar-refractivity contribution in [3.8, 4) is 17.6 Å². The first-order valence-electron chi connectivity index (χ1n) is 14.1.